The lowest BCUT2D eigenvalue weighted by molar-refractivity contribution is -0.167. The largest absolute Gasteiger partial charge is 0.462 e. The van der Waals surface area contributed by atoms with Gasteiger partial charge in [0, 0.05) is 19.3 Å². The topological polar surface area (TPSA) is 78.9 Å². The molecule has 0 fully saturated rings. The molecule has 0 saturated carbocycles. The molecule has 0 bridgehead atoms. The molecule has 0 saturated heterocycles. The summed E-state index contributed by atoms with van der Waals surface area (Å²) in [7, 11) is 0. The predicted octanol–water partition coefficient (Wildman–Crippen LogP) is 21.2. The second kappa shape index (κ2) is 60.7. The van der Waals surface area contributed by atoms with E-state index in [4.69, 9.17) is 14.2 Å². The Morgan fingerprint density at radius 1 is 0.292 bits per heavy atom. The molecule has 0 radical (unpaired) electrons. The zero-order chi connectivity index (χ0) is 52.2. The molecule has 0 aromatic rings. The summed E-state index contributed by atoms with van der Waals surface area (Å²) in [5, 5.41) is 0. The van der Waals surface area contributed by atoms with Gasteiger partial charge in [0.2, 0.25) is 0 Å². The SMILES string of the molecule is CC/C=C\C/C=C\C/C=C\C/C=C\CCCCCCCCC(=O)OCC(COC(=O)CCCCCCCCCCCCCCCCCC)OC(=O)CCCCCCCCC/C=C\CCCCCCCCCC. The molecule has 72 heavy (non-hydrogen) atoms. The van der Waals surface area contributed by atoms with Crippen molar-refractivity contribution in [3.63, 3.8) is 0 Å². The van der Waals surface area contributed by atoms with Crippen molar-refractivity contribution in [2.45, 2.75) is 329 Å². The monoisotopic (exact) mass is 1010 g/mol. The van der Waals surface area contributed by atoms with E-state index in [0.29, 0.717) is 19.3 Å². The third-order valence-electron chi connectivity index (χ3n) is 13.8. The van der Waals surface area contributed by atoms with E-state index in [1.165, 1.54) is 193 Å². The molecule has 0 rings (SSSR count). The van der Waals surface area contributed by atoms with Gasteiger partial charge < -0.3 is 14.2 Å². The maximum Gasteiger partial charge on any atom is 0.306 e. The van der Waals surface area contributed by atoms with E-state index in [1.807, 2.05) is 0 Å². The number of carbonyl (C=O) groups is 3. The lowest BCUT2D eigenvalue weighted by Crippen LogP contribution is -2.30. The van der Waals surface area contributed by atoms with Crippen molar-refractivity contribution in [3.8, 4) is 0 Å². The average molecular weight is 1010 g/mol. The summed E-state index contributed by atoms with van der Waals surface area (Å²) in [6.45, 7) is 6.56. The first-order valence-electron chi connectivity index (χ1n) is 31.3. The van der Waals surface area contributed by atoms with E-state index in [9.17, 15) is 14.4 Å². The molecule has 0 aromatic heterocycles. The number of esters is 3. The van der Waals surface area contributed by atoms with Gasteiger partial charge in [0.25, 0.3) is 0 Å². The van der Waals surface area contributed by atoms with Gasteiger partial charge in [0.15, 0.2) is 6.10 Å². The minimum Gasteiger partial charge on any atom is -0.462 e. The van der Waals surface area contributed by atoms with Gasteiger partial charge in [-0.05, 0) is 83.5 Å². The Morgan fingerprint density at radius 2 is 0.542 bits per heavy atom. The van der Waals surface area contributed by atoms with Crippen molar-refractivity contribution in [1.29, 1.82) is 0 Å². The Balaban J connectivity index is 4.38. The molecule has 418 valence electrons. The fourth-order valence-corrected chi connectivity index (χ4v) is 9.08. The van der Waals surface area contributed by atoms with Gasteiger partial charge in [-0.3, -0.25) is 14.4 Å². The summed E-state index contributed by atoms with van der Waals surface area (Å²) in [4.78, 5) is 38.3. The van der Waals surface area contributed by atoms with E-state index in [2.05, 4.69) is 81.5 Å². The number of unbranched alkanes of at least 4 members (excludes halogenated alkanes) is 36. The van der Waals surface area contributed by atoms with Crippen molar-refractivity contribution in [3.05, 3.63) is 60.8 Å². The number of hydrogen-bond donors (Lipinski definition) is 0. The highest BCUT2D eigenvalue weighted by molar-refractivity contribution is 5.71. The highest BCUT2D eigenvalue weighted by Gasteiger charge is 2.19. The van der Waals surface area contributed by atoms with Gasteiger partial charge in [-0.15, -0.1) is 0 Å². The summed E-state index contributed by atoms with van der Waals surface area (Å²) in [6, 6.07) is 0. The van der Waals surface area contributed by atoms with E-state index in [1.54, 1.807) is 0 Å². The first kappa shape index (κ1) is 69.1. The Labute approximate surface area is 447 Å². The zero-order valence-electron chi connectivity index (χ0n) is 47.9. The van der Waals surface area contributed by atoms with Crippen molar-refractivity contribution in [2.24, 2.45) is 0 Å². The molecule has 0 aliphatic heterocycles. The fourth-order valence-electron chi connectivity index (χ4n) is 9.08. The molecule has 0 aliphatic rings. The first-order chi connectivity index (χ1) is 35.5. The van der Waals surface area contributed by atoms with Crippen LogP contribution in [0.25, 0.3) is 0 Å². The van der Waals surface area contributed by atoms with E-state index >= 15 is 0 Å². The van der Waals surface area contributed by atoms with Crippen LogP contribution in [0.5, 0.6) is 0 Å². The standard InChI is InChI=1S/C66H118O6/c1-4-7-10-13-16-19-22-25-28-31-33-35-38-41-44-47-50-53-56-59-65(68)71-62-63(61-70-64(67)58-55-52-49-46-43-40-37-30-27-24-21-18-15-12-9-6-3)72-66(69)60-57-54-51-48-45-42-39-36-34-32-29-26-23-20-17-14-11-8-5-2/h7,10,16,19,25,28,32-35,63H,4-6,8-9,11-15,17-18,20-24,26-27,29-31,36-62H2,1-3H3/b10-7-,19-16-,28-25-,34-32-,35-33-. The Kier molecular flexibility index (Phi) is 58.2. The third kappa shape index (κ3) is 58.0. The van der Waals surface area contributed by atoms with Crippen LogP contribution in [0.1, 0.15) is 323 Å². The molecule has 6 nitrogen and oxygen atoms in total. The van der Waals surface area contributed by atoms with Crippen LogP contribution < -0.4 is 0 Å². The van der Waals surface area contributed by atoms with Crippen LogP contribution in [0.2, 0.25) is 0 Å². The van der Waals surface area contributed by atoms with Crippen LogP contribution in [-0.2, 0) is 28.6 Å². The number of carbonyl (C=O) groups excluding carboxylic acids is 3. The van der Waals surface area contributed by atoms with Crippen molar-refractivity contribution >= 4 is 17.9 Å². The number of rotatable bonds is 57. The highest BCUT2D eigenvalue weighted by atomic mass is 16.6. The zero-order valence-corrected chi connectivity index (χ0v) is 47.9. The quantitative estimate of drug-likeness (QED) is 0.0261. The van der Waals surface area contributed by atoms with Crippen LogP contribution >= 0.6 is 0 Å². The molecule has 0 amide bonds. The Bertz CT molecular complexity index is 1290. The molecule has 6 heteroatoms. The summed E-state index contributed by atoms with van der Waals surface area (Å²) >= 11 is 0. The summed E-state index contributed by atoms with van der Waals surface area (Å²) < 4.78 is 16.9. The van der Waals surface area contributed by atoms with Gasteiger partial charge in [-0.1, -0.05) is 281 Å². The van der Waals surface area contributed by atoms with Gasteiger partial charge in [-0.25, -0.2) is 0 Å². The third-order valence-corrected chi connectivity index (χ3v) is 13.8. The second-order valence-corrected chi connectivity index (χ2v) is 20.9. The number of ether oxygens (including phenoxy) is 3. The summed E-state index contributed by atoms with van der Waals surface area (Å²) in [6.07, 6.45) is 76.4. The molecule has 1 unspecified atom stereocenters. The van der Waals surface area contributed by atoms with Gasteiger partial charge in [0.1, 0.15) is 13.2 Å². The van der Waals surface area contributed by atoms with Crippen LogP contribution in [0.4, 0.5) is 0 Å². The van der Waals surface area contributed by atoms with E-state index < -0.39 is 6.10 Å². The minimum absolute atomic E-state index is 0.0774. The van der Waals surface area contributed by atoms with Crippen LogP contribution in [0.15, 0.2) is 60.8 Å². The Morgan fingerprint density at radius 3 is 0.861 bits per heavy atom. The van der Waals surface area contributed by atoms with Crippen LogP contribution in [0, 0.1) is 0 Å². The number of hydrogen-bond acceptors (Lipinski definition) is 6. The second-order valence-electron chi connectivity index (χ2n) is 20.9. The molecule has 0 aliphatic carbocycles. The van der Waals surface area contributed by atoms with Gasteiger partial charge in [0.05, 0.1) is 0 Å². The highest BCUT2D eigenvalue weighted by Crippen LogP contribution is 2.17. The fraction of sp³-hybridized carbons (Fsp3) is 0.803. The van der Waals surface area contributed by atoms with Crippen LogP contribution in [-0.4, -0.2) is 37.2 Å². The lowest BCUT2D eigenvalue weighted by Gasteiger charge is -2.18. The molecule has 0 spiro atoms. The molecular weight excluding hydrogens is 889 g/mol. The summed E-state index contributed by atoms with van der Waals surface area (Å²) in [5.41, 5.74) is 0. The molecule has 0 aromatic carbocycles. The normalized spacial score (nSPS) is 12.4. The van der Waals surface area contributed by atoms with Crippen molar-refractivity contribution < 1.29 is 28.6 Å². The van der Waals surface area contributed by atoms with Gasteiger partial charge >= 0.3 is 17.9 Å². The summed E-state index contributed by atoms with van der Waals surface area (Å²) in [5.74, 6) is -0.878. The maximum absolute atomic E-state index is 12.9. The molecule has 0 heterocycles. The van der Waals surface area contributed by atoms with Crippen LogP contribution in [0.3, 0.4) is 0 Å². The average Bonchev–Trinajstić information content (AvgIpc) is 3.38. The maximum atomic E-state index is 12.9. The van der Waals surface area contributed by atoms with E-state index in [-0.39, 0.29) is 31.1 Å². The minimum atomic E-state index is -0.782. The lowest BCUT2D eigenvalue weighted by atomic mass is 10.0. The smallest absolute Gasteiger partial charge is 0.306 e. The van der Waals surface area contributed by atoms with Crippen molar-refractivity contribution in [2.75, 3.05) is 13.2 Å². The van der Waals surface area contributed by atoms with Crippen molar-refractivity contribution in [1.82, 2.24) is 0 Å². The predicted molar refractivity (Wildman–Crippen MR) is 312 cm³/mol. The molecule has 1 atom stereocenters. The molecular formula is C66H118O6. The molecule has 0 N–H and O–H groups in total. The van der Waals surface area contributed by atoms with E-state index in [0.717, 1.165) is 89.9 Å². The number of allylic oxidation sites excluding steroid dienone is 10. The van der Waals surface area contributed by atoms with Gasteiger partial charge in [-0.2, -0.15) is 0 Å². The Hall–Kier alpha value is -2.89. The first-order valence-corrected chi connectivity index (χ1v) is 31.3.